The number of para-hydroxylation sites is 3. The lowest BCUT2D eigenvalue weighted by Gasteiger charge is -2.42. The third-order valence-corrected chi connectivity index (χ3v) is 9.68. The molecule has 1 aliphatic rings. The zero-order valence-corrected chi connectivity index (χ0v) is 26.3. The van der Waals surface area contributed by atoms with Crippen molar-refractivity contribution in [3.05, 3.63) is 169 Å². The average molecular weight is 605 g/mol. The highest BCUT2D eigenvalue weighted by Crippen LogP contribution is 2.55. The smallest absolute Gasteiger partial charge is 0.0602 e. The molecule has 0 saturated carbocycles. The maximum atomic E-state index is 4.47. The highest BCUT2D eigenvalue weighted by atomic mass is 15.2. The second kappa shape index (κ2) is 10.5. The first kappa shape index (κ1) is 27.3. The summed E-state index contributed by atoms with van der Waals surface area (Å²) < 4.78 is 2.49. The molecule has 4 heteroatoms. The van der Waals surface area contributed by atoms with E-state index >= 15 is 0 Å². The zero-order chi connectivity index (χ0) is 31.5. The van der Waals surface area contributed by atoms with Gasteiger partial charge in [0.25, 0.3) is 0 Å². The van der Waals surface area contributed by atoms with Crippen LogP contribution in [-0.2, 0) is 5.41 Å². The Morgan fingerprint density at radius 2 is 1.17 bits per heavy atom. The summed E-state index contributed by atoms with van der Waals surface area (Å²) in [5.74, 6) is 0. The highest BCUT2D eigenvalue weighted by Gasteiger charge is 2.39. The molecule has 1 aliphatic heterocycles. The molecule has 0 aliphatic carbocycles. The van der Waals surface area contributed by atoms with Crippen molar-refractivity contribution >= 4 is 38.9 Å². The number of rotatable bonds is 4. The van der Waals surface area contributed by atoms with Gasteiger partial charge >= 0.3 is 0 Å². The van der Waals surface area contributed by atoms with Gasteiger partial charge in [-0.25, -0.2) is 0 Å². The van der Waals surface area contributed by atoms with Gasteiger partial charge in [-0.3, -0.25) is 9.97 Å². The molecule has 0 radical (unpaired) electrons. The van der Waals surface area contributed by atoms with E-state index in [-0.39, 0.29) is 5.41 Å². The van der Waals surface area contributed by atoms with Crippen LogP contribution in [-0.4, -0.2) is 14.5 Å². The van der Waals surface area contributed by atoms with Crippen molar-refractivity contribution in [3.8, 4) is 27.9 Å². The van der Waals surface area contributed by atoms with Crippen LogP contribution in [0, 0.1) is 0 Å². The fourth-order valence-corrected chi connectivity index (χ4v) is 7.58. The molecule has 8 aromatic rings. The van der Waals surface area contributed by atoms with Crippen LogP contribution in [0.15, 0.2) is 158 Å². The van der Waals surface area contributed by atoms with Gasteiger partial charge in [0.1, 0.15) is 0 Å². The topological polar surface area (TPSA) is 34.0 Å². The Morgan fingerprint density at radius 3 is 1.87 bits per heavy atom. The molecule has 0 atom stereocenters. The first-order valence-corrected chi connectivity index (χ1v) is 16.1. The molecule has 5 aromatic carbocycles. The second-order valence-corrected chi connectivity index (χ2v) is 12.8. The van der Waals surface area contributed by atoms with E-state index in [1.807, 2.05) is 36.9 Å². The third-order valence-electron chi connectivity index (χ3n) is 9.68. The number of aromatic nitrogens is 3. The number of fused-ring (bicyclic) bond motifs is 6. The number of benzene rings is 5. The predicted molar refractivity (Wildman–Crippen MR) is 194 cm³/mol. The number of hydrogen-bond donors (Lipinski definition) is 0. The molecular weight excluding hydrogens is 573 g/mol. The summed E-state index contributed by atoms with van der Waals surface area (Å²) in [5, 5.41) is 2.48. The Balaban J connectivity index is 1.42. The van der Waals surface area contributed by atoms with Crippen LogP contribution in [0.1, 0.15) is 25.0 Å². The summed E-state index contributed by atoms with van der Waals surface area (Å²) in [6.45, 7) is 4.75. The standard InChI is InChI=1S/C43H32N4/c1-43(2)37-17-7-9-19-39(37)46(33-14-4-3-5-15-33)40-21-20-36-35-16-6-8-18-38(35)47(42(36)41(40)43)34-25-31(29-12-10-22-44-27-29)24-32(26-34)30-13-11-23-45-28-30/h3-28H,1-2H3. The minimum atomic E-state index is -0.282. The summed E-state index contributed by atoms with van der Waals surface area (Å²) in [4.78, 5) is 11.4. The van der Waals surface area contributed by atoms with E-state index in [2.05, 4.69) is 155 Å². The first-order chi connectivity index (χ1) is 23.1. The van der Waals surface area contributed by atoms with E-state index in [0.717, 1.165) is 33.6 Å². The minimum Gasteiger partial charge on any atom is -0.310 e. The molecule has 47 heavy (non-hydrogen) atoms. The predicted octanol–water partition coefficient (Wildman–Crippen LogP) is 11.0. The molecule has 9 rings (SSSR count). The second-order valence-electron chi connectivity index (χ2n) is 12.8. The van der Waals surface area contributed by atoms with Gasteiger partial charge < -0.3 is 9.47 Å². The first-order valence-electron chi connectivity index (χ1n) is 16.1. The van der Waals surface area contributed by atoms with E-state index in [4.69, 9.17) is 0 Å². The largest absolute Gasteiger partial charge is 0.310 e. The SMILES string of the molecule is CC1(C)c2ccccc2N(c2ccccc2)c2ccc3c4ccccc4n(-c4cc(-c5cccnc5)cc(-c5cccnc5)c4)c3c21. The van der Waals surface area contributed by atoms with Gasteiger partial charge in [0.2, 0.25) is 0 Å². The minimum absolute atomic E-state index is 0.282. The van der Waals surface area contributed by atoms with Crippen molar-refractivity contribution in [2.75, 3.05) is 4.90 Å². The lowest BCUT2D eigenvalue weighted by Crippen LogP contribution is -2.31. The van der Waals surface area contributed by atoms with Crippen LogP contribution in [0.2, 0.25) is 0 Å². The summed E-state index contributed by atoms with van der Waals surface area (Å²) in [7, 11) is 0. The summed E-state index contributed by atoms with van der Waals surface area (Å²) in [6.07, 6.45) is 7.54. The van der Waals surface area contributed by atoms with E-state index in [0.29, 0.717) is 0 Å². The molecule has 224 valence electrons. The maximum Gasteiger partial charge on any atom is 0.0602 e. The number of pyridine rings is 2. The average Bonchev–Trinajstić information content (AvgIpc) is 3.47. The van der Waals surface area contributed by atoms with Crippen LogP contribution in [0.4, 0.5) is 17.1 Å². The molecule has 0 bridgehead atoms. The van der Waals surface area contributed by atoms with E-state index in [1.54, 1.807) is 0 Å². The summed E-state index contributed by atoms with van der Waals surface area (Å²) in [5.41, 5.74) is 13.8. The normalized spacial score (nSPS) is 13.4. The highest BCUT2D eigenvalue weighted by molar-refractivity contribution is 6.13. The van der Waals surface area contributed by atoms with E-state index in [9.17, 15) is 0 Å². The summed E-state index contributed by atoms with van der Waals surface area (Å²) >= 11 is 0. The molecule has 0 spiro atoms. The van der Waals surface area contributed by atoms with Crippen molar-refractivity contribution in [2.45, 2.75) is 19.3 Å². The van der Waals surface area contributed by atoms with Crippen molar-refractivity contribution in [3.63, 3.8) is 0 Å². The number of nitrogens with zero attached hydrogens (tertiary/aromatic N) is 4. The van der Waals surface area contributed by atoms with E-state index in [1.165, 1.54) is 44.3 Å². The van der Waals surface area contributed by atoms with Crippen LogP contribution >= 0.6 is 0 Å². The molecule has 4 heterocycles. The monoisotopic (exact) mass is 604 g/mol. The Morgan fingerprint density at radius 1 is 0.511 bits per heavy atom. The number of anilines is 3. The van der Waals surface area contributed by atoms with Crippen molar-refractivity contribution in [1.82, 2.24) is 14.5 Å². The Kier molecular flexibility index (Phi) is 6.12. The molecule has 0 unspecified atom stereocenters. The lowest BCUT2D eigenvalue weighted by molar-refractivity contribution is 0.636. The molecule has 4 nitrogen and oxygen atoms in total. The van der Waals surface area contributed by atoms with Crippen molar-refractivity contribution in [1.29, 1.82) is 0 Å². The van der Waals surface area contributed by atoms with Crippen LogP contribution in [0.3, 0.4) is 0 Å². The quantitative estimate of drug-likeness (QED) is 0.200. The molecule has 0 amide bonds. The Hall–Kier alpha value is -6.00. The fraction of sp³-hybridized carbons (Fsp3) is 0.0698. The molecule has 0 N–H and O–H groups in total. The van der Waals surface area contributed by atoms with Crippen LogP contribution in [0.5, 0.6) is 0 Å². The third kappa shape index (κ3) is 4.22. The van der Waals surface area contributed by atoms with Crippen molar-refractivity contribution < 1.29 is 0 Å². The van der Waals surface area contributed by atoms with Gasteiger partial charge in [0.15, 0.2) is 0 Å². The number of hydrogen-bond acceptors (Lipinski definition) is 3. The van der Waals surface area contributed by atoms with Gasteiger partial charge in [-0.1, -0.05) is 86.6 Å². The Labute approximate surface area is 274 Å². The van der Waals surface area contributed by atoms with Crippen molar-refractivity contribution in [2.24, 2.45) is 0 Å². The van der Waals surface area contributed by atoms with E-state index < -0.39 is 0 Å². The fourth-order valence-electron chi connectivity index (χ4n) is 7.58. The molecular formula is C43H32N4. The molecule has 0 fully saturated rings. The molecule has 3 aromatic heterocycles. The van der Waals surface area contributed by atoms with Gasteiger partial charge in [-0.2, -0.15) is 0 Å². The Bertz CT molecular complexity index is 2370. The zero-order valence-electron chi connectivity index (χ0n) is 26.3. The lowest BCUT2D eigenvalue weighted by atomic mass is 9.72. The van der Waals surface area contributed by atoms with Gasteiger partial charge in [0.05, 0.1) is 22.4 Å². The maximum absolute atomic E-state index is 4.47. The van der Waals surface area contributed by atoms with Crippen LogP contribution < -0.4 is 4.90 Å². The van der Waals surface area contributed by atoms with Gasteiger partial charge in [-0.15, -0.1) is 0 Å². The van der Waals surface area contributed by atoms with Crippen LogP contribution in [0.25, 0.3) is 49.7 Å². The molecule has 0 saturated heterocycles. The van der Waals surface area contributed by atoms with Gasteiger partial charge in [-0.05, 0) is 77.4 Å². The van der Waals surface area contributed by atoms with Gasteiger partial charge in [0, 0.05) is 69.0 Å². The summed E-state index contributed by atoms with van der Waals surface area (Å²) in [6, 6.07) is 48.2.